The maximum absolute atomic E-state index is 5.79. The van der Waals surface area contributed by atoms with Crippen LogP contribution in [0.3, 0.4) is 0 Å². The van der Waals surface area contributed by atoms with Crippen molar-refractivity contribution >= 4 is 6.40 Å². The predicted molar refractivity (Wildman–Crippen MR) is 65.8 cm³/mol. The van der Waals surface area contributed by atoms with Gasteiger partial charge in [-0.15, -0.1) is 0 Å². The summed E-state index contributed by atoms with van der Waals surface area (Å²) in [6.45, 7) is 4.34. The Morgan fingerprint density at radius 2 is 2.00 bits per heavy atom. The largest absolute Gasteiger partial charge is 0.469 e. The molecule has 0 saturated carbocycles. The van der Waals surface area contributed by atoms with Gasteiger partial charge in [-0.1, -0.05) is 0 Å². The lowest BCUT2D eigenvalue weighted by Gasteiger charge is -2.34. The molecule has 0 radical (unpaired) electrons. The van der Waals surface area contributed by atoms with E-state index < -0.39 is 0 Å². The van der Waals surface area contributed by atoms with Gasteiger partial charge in [0.25, 0.3) is 0 Å². The van der Waals surface area contributed by atoms with Crippen LogP contribution in [0.25, 0.3) is 0 Å². The zero-order valence-electron chi connectivity index (χ0n) is 10.0. The molecule has 4 heteroatoms. The fourth-order valence-electron chi connectivity index (χ4n) is 2.73. The van der Waals surface area contributed by atoms with E-state index in [0.29, 0.717) is 0 Å². The van der Waals surface area contributed by atoms with Gasteiger partial charge < -0.3 is 4.74 Å². The third-order valence-corrected chi connectivity index (χ3v) is 3.73. The van der Waals surface area contributed by atoms with Crippen molar-refractivity contribution in [2.45, 2.75) is 31.5 Å². The van der Waals surface area contributed by atoms with Crippen molar-refractivity contribution in [3.8, 4) is 0 Å². The van der Waals surface area contributed by atoms with Gasteiger partial charge in [-0.05, 0) is 31.9 Å². The second-order valence-corrected chi connectivity index (χ2v) is 4.83. The van der Waals surface area contributed by atoms with Crippen molar-refractivity contribution in [2.24, 2.45) is 4.99 Å². The zero-order chi connectivity index (χ0) is 11.7. The molecule has 0 spiro atoms. The SMILES string of the molecule is CC1(c2ccncc2)OC=NC1N1CCCC1. The molecule has 2 aliphatic heterocycles. The average molecular weight is 231 g/mol. The smallest absolute Gasteiger partial charge is 0.172 e. The summed E-state index contributed by atoms with van der Waals surface area (Å²) in [6.07, 6.45) is 7.85. The summed E-state index contributed by atoms with van der Waals surface area (Å²) >= 11 is 0. The van der Waals surface area contributed by atoms with Crippen molar-refractivity contribution in [2.75, 3.05) is 13.1 Å². The van der Waals surface area contributed by atoms with E-state index in [9.17, 15) is 0 Å². The fraction of sp³-hybridized carbons (Fsp3) is 0.538. The highest BCUT2D eigenvalue weighted by Crippen LogP contribution is 2.36. The van der Waals surface area contributed by atoms with Gasteiger partial charge >= 0.3 is 0 Å². The van der Waals surface area contributed by atoms with E-state index >= 15 is 0 Å². The molecule has 90 valence electrons. The number of rotatable bonds is 2. The van der Waals surface area contributed by atoms with Crippen LogP contribution < -0.4 is 0 Å². The van der Waals surface area contributed by atoms with E-state index in [2.05, 4.69) is 21.8 Å². The normalized spacial score (nSPS) is 32.9. The molecule has 3 rings (SSSR count). The molecular formula is C13H17N3O. The Kier molecular flexibility index (Phi) is 2.59. The number of hydrogen-bond acceptors (Lipinski definition) is 4. The molecule has 2 aliphatic rings. The zero-order valence-corrected chi connectivity index (χ0v) is 10.0. The fourth-order valence-corrected chi connectivity index (χ4v) is 2.73. The Labute approximate surface area is 101 Å². The summed E-state index contributed by atoms with van der Waals surface area (Å²) in [5.41, 5.74) is 0.773. The first-order valence-electron chi connectivity index (χ1n) is 6.15. The lowest BCUT2D eigenvalue weighted by molar-refractivity contribution is 0.0164. The third kappa shape index (κ3) is 1.72. The molecule has 4 nitrogen and oxygen atoms in total. The van der Waals surface area contributed by atoms with Gasteiger partial charge in [0.15, 0.2) is 12.0 Å². The van der Waals surface area contributed by atoms with Crippen LogP contribution in [-0.2, 0) is 10.3 Å². The van der Waals surface area contributed by atoms with Crippen LogP contribution in [0.2, 0.25) is 0 Å². The molecule has 1 aromatic heterocycles. The van der Waals surface area contributed by atoms with E-state index in [1.807, 2.05) is 24.5 Å². The van der Waals surface area contributed by atoms with Gasteiger partial charge in [0.2, 0.25) is 0 Å². The molecule has 2 atom stereocenters. The van der Waals surface area contributed by atoms with E-state index in [4.69, 9.17) is 4.74 Å². The van der Waals surface area contributed by atoms with Crippen molar-refractivity contribution in [3.63, 3.8) is 0 Å². The lowest BCUT2D eigenvalue weighted by atomic mass is 9.93. The van der Waals surface area contributed by atoms with Gasteiger partial charge in [0.1, 0.15) is 6.17 Å². The maximum Gasteiger partial charge on any atom is 0.172 e. The summed E-state index contributed by atoms with van der Waals surface area (Å²) in [6, 6.07) is 4.02. The van der Waals surface area contributed by atoms with Crippen LogP contribution in [0.1, 0.15) is 25.3 Å². The second kappa shape index (κ2) is 4.11. The molecule has 2 unspecified atom stereocenters. The summed E-state index contributed by atoms with van der Waals surface area (Å²) < 4.78 is 5.79. The van der Waals surface area contributed by atoms with E-state index in [-0.39, 0.29) is 11.8 Å². The molecule has 0 N–H and O–H groups in total. The minimum atomic E-state index is -0.368. The molecule has 1 fully saturated rings. The van der Waals surface area contributed by atoms with Crippen molar-refractivity contribution in [3.05, 3.63) is 30.1 Å². The van der Waals surface area contributed by atoms with Gasteiger partial charge in [-0.3, -0.25) is 9.88 Å². The number of ether oxygens (including phenoxy) is 1. The van der Waals surface area contributed by atoms with Crippen LogP contribution in [0.15, 0.2) is 29.5 Å². The Morgan fingerprint density at radius 3 is 2.71 bits per heavy atom. The first kappa shape index (κ1) is 10.7. The third-order valence-electron chi connectivity index (χ3n) is 3.73. The first-order chi connectivity index (χ1) is 8.31. The van der Waals surface area contributed by atoms with Crippen LogP contribution in [0, 0.1) is 0 Å². The number of likely N-dealkylation sites (tertiary alicyclic amines) is 1. The predicted octanol–water partition coefficient (Wildman–Crippen LogP) is 1.78. The molecule has 0 aliphatic carbocycles. The minimum Gasteiger partial charge on any atom is -0.469 e. The Bertz CT molecular complexity index is 414. The van der Waals surface area contributed by atoms with Crippen molar-refractivity contribution in [1.29, 1.82) is 0 Å². The monoisotopic (exact) mass is 231 g/mol. The number of pyridine rings is 1. The molecular weight excluding hydrogens is 214 g/mol. The molecule has 0 bridgehead atoms. The minimum absolute atomic E-state index is 0.104. The highest BCUT2D eigenvalue weighted by atomic mass is 16.5. The van der Waals surface area contributed by atoms with Gasteiger partial charge in [-0.2, -0.15) is 0 Å². The number of nitrogens with zero attached hydrogens (tertiary/aromatic N) is 3. The maximum atomic E-state index is 5.79. The quantitative estimate of drug-likeness (QED) is 0.778. The summed E-state index contributed by atoms with van der Waals surface area (Å²) in [4.78, 5) is 11.0. The second-order valence-electron chi connectivity index (χ2n) is 4.83. The van der Waals surface area contributed by atoms with Crippen molar-refractivity contribution in [1.82, 2.24) is 9.88 Å². The summed E-state index contributed by atoms with van der Waals surface area (Å²) in [7, 11) is 0. The van der Waals surface area contributed by atoms with Crippen LogP contribution in [0.5, 0.6) is 0 Å². The highest BCUT2D eigenvalue weighted by molar-refractivity contribution is 5.52. The number of aliphatic imine (C=N–C) groups is 1. The number of hydrogen-bond donors (Lipinski definition) is 0. The summed E-state index contributed by atoms with van der Waals surface area (Å²) in [5.74, 6) is 0. The van der Waals surface area contributed by atoms with Gasteiger partial charge in [0.05, 0.1) is 0 Å². The van der Waals surface area contributed by atoms with E-state index in [1.54, 1.807) is 6.40 Å². The molecule has 1 aromatic rings. The van der Waals surface area contributed by atoms with E-state index in [1.165, 1.54) is 12.8 Å². The lowest BCUT2D eigenvalue weighted by Crippen LogP contribution is -2.45. The molecule has 17 heavy (non-hydrogen) atoms. The van der Waals surface area contributed by atoms with Crippen molar-refractivity contribution < 1.29 is 4.74 Å². The molecule has 3 heterocycles. The standard InChI is InChI=1S/C13H17N3O/c1-13(11-4-6-14-7-5-11)12(15-10-17-13)16-8-2-3-9-16/h4-7,10,12H,2-3,8-9H2,1H3. The first-order valence-corrected chi connectivity index (χ1v) is 6.15. The number of aromatic nitrogens is 1. The van der Waals surface area contributed by atoms with Gasteiger partial charge in [0, 0.05) is 31.0 Å². The topological polar surface area (TPSA) is 37.7 Å². The van der Waals surface area contributed by atoms with Crippen LogP contribution in [-0.4, -0.2) is 35.5 Å². The Hall–Kier alpha value is -1.42. The van der Waals surface area contributed by atoms with Crippen LogP contribution in [0.4, 0.5) is 0 Å². The Balaban J connectivity index is 1.91. The molecule has 0 aromatic carbocycles. The van der Waals surface area contributed by atoms with E-state index in [0.717, 1.165) is 18.7 Å². The molecule has 1 saturated heterocycles. The van der Waals surface area contributed by atoms with Crippen LogP contribution >= 0.6 is 0 Å². The highest BCUT2D eigenvalue weighted by Gasteiger charge is 2.44. The average Bonchev–Trinajstić information content (AvgIpc) is 2.99. The van der Waals surface area contributed by atoms with Gasteiger partial charge in [-0.25, -0.2) is 4.99 Å². The summed E-state index contributed by atoms with van der Waals surface area (Å²) in [5, 5.41) is 0. The Morgan fingerprint density at radius 1 is 1.29 bits per heavy atom. The molecule has 0 amide bonds.